The van der Waals surface area contributed by atoms with Gasteiger partial charge in [-0.25, -0.2) is 0 Å². The Labute approximate surface area is 145 Å². The van der Waals surface area contributed by atoms with Gasteiger partial charge >= 0.3 is 0 Å². The van der Waals surface area contributed by atoms with Crippen molar-refractivity contribution < 1.29 is 9.47 Å². The van der Waals surface area contributed by atoms with Crippen molar-refractivity contribution in [3.05, 3.63) is 36.0 Å². The molecule has 2 aliphatic rings. The van der Waals surface area contributed by atoms with Crippen LogP contribution in [-0.4, -0.2) is 47.3 Å². The summed E-state index contributed by atoms with van der Waals surface area (Å²) in [6, 6.07) is 9.43. The van der Waals surface area contributed by atoms with E-state index < -0.39 is 5.79 Å². The molecule has 1 aromatic heterocycles. The Morgan fingerprint density at radius 1 is 1.16 bits per heavy atom. The smallest absolute Gasteiger partial charge is 0.247 e. The summed E-state index contributed by atoms with van der Waals surface area (Å²) in [6.45, 7) is 2.82. The summed E-state index contributed by atoms with van der Waals surface area (Å²) in [5.41, 5.74) is 1.25. The predicted octanol–water partition coefficient (Wildman–Crippen LogP) is 1.83. The molecule has 0 radical (unpaired) electrons. The largest absolute Gasteiger partial charge is 0.347 e. The number of hydrogen-bond acceptors (Lipinski definition) is 8. The van der Waals surface area contributed by atoms with Gasteiger partial charge in [0.25, 0.3) is 0 Å². The Hall–Kier alpha value is -2.76. The summed E-state index contributed by atoms with van der Waals surface area (Å²) >= 11 is 0. The molecule has 8 nitrogen and oxygen atoms in total. The molecule has 2 saturated heterocycles. The molecule has 2 fully saturated rings. The molecule has 2 aliphatic heterocycles. The average molecular weight is 338 g/mol. The minimum Gasteiger partial charge on any atom is -0.347 e. The Balaban J connectivity index is 1.48. The van der Waals surface area contributed by atoms with Gasteiger partial charge in [0.05, 0.1) is 30.7 Å². The maximum Gasteiger partial charge on any atom is 0.247 e. The molecule has 2 aromatic rings. The number of hydrogen-bond donors (Lipinski definition) is 1. The van der Waals surface area contributed by atoms with Gasteiger partial charge in [0, 0.05) is 25.9 Å². The highest BCUT2D eigenvalue weighted by molar-refractivity contribution is 5.64. The van der Waals surface area contributed by atoms with Crippen molar-refractivity contribution in [1.29, 1.82) is 5.26 Å². The van der Waals surface area contributed by atoms with E-state index in [9.17, 15) is 5.26 Å². The molecule has 1 spiro atoms. The van der Waals surface area contributed by atoms with Crippen molar-refractivity contribution in [2.45, 2.75) is 18.6 Å². The van der Waals surface area contributed by atoms with E-state index in [1.807, 2.05) is 18.2 Å². The number of rotatable bonds is 3. The maximum absolute atomic E-state index is 9.19. The predicted molar refractivity (Wildman–Crippen MR) is 90.3 cm³/mol. The Bertz CT molecular complexity index is 790. The van der Waals surface area contributed by atoms with Gasteiger partial charge in [-0.05, 0) is 12.1 Å². The van der Waals surface area contributed by atoms with Crippen LogP contribution >= 0.6 is 0 Å². The number of nitrogens with one attached hydrogen (secondary N) is 1. The number of para-hydroxylation sites is 1. The number of nitriles is 1. The molecule has 0 bridgehead atoms. The van der Waals surface area contributed by atoms with Crippen molar-refractivity contribution in [1.82, 2.24) is 15.2 Å². The minimum atomic E-state index is -0.425. The molecular weight excluding hydrogens is 320 g/mol. The monoisotopic (exact) mass is 338 g/mol. The zero-order valence-electron chi connectivity index (χ0n) is 13.7. The van der Waals surface area contributed by atoms with E-state index in [2.05, 4.69) is 31.5 Å². The standard InChI is InChI=1S/C17H18N6O2/c18-11-13-3-1-2-4-14(13)20-15-12-19-22-16(21-15)23-7-5-17(6-8-23)24-9-10-25-17/h1-4,12H,5-10H2,(H,20,21,22). The first-order valence-corrected chi connectivity index (χ1v) is 8.27. The van der Waals surface area contributed by atoms with E-state index in [-0.39, 0.29) is 0 Å². The van der Waals surface area contributed by atoms with Crippen LogP contribution in [0.1, 0.15) is 18.4 Å². The van der Waals surface area contributed by atoms with Crippen LogP contribution in [0.3, 0.4) is 0 Å². The molecule has 1 N–H and O–H groups in total. The lowest BCUT2D eigenvalue weighted by atomic mass is 10.0. The molecule has 0 aliphatic carbocycles. The summed E-state index contributed by atoms with van der Waals surface area (Å²) in [4.78, 5) is 6.61. The van der Waals surface area contributed by atoms with Crippen LogP contribution in [0.15, 0.2) is 30.5 Å². The molecule has 8 heteroatoms. The first kappa shape index (κ1) is 15.7. The molecular formula is C17H18N6O2. The summed E-state index contributed by atoms with van der Waals surface area (Å²) < 4.78 is 11.5. The lowest BCUT2D eigenvalue weighted by Crippen LogP contribution is -2.45. The van der Waals surface area contributed by atoms with Gasteiger partial charge in [0.1, 0.15) is 6.07 Å². The van der Waals surface area contributed by atoms with Gasteiger partial charge in [0.2, 0.25) is 5.95 Å². The molecule has 4 rings (SSSR count). The van der Waals surface area contributed by atoms with Gasteiger partial charge in [-0.2, -0.15) is 15.3 Å². The maximum atomic E-state index is 9.19. The third kappa shape index (κ3) is 3.24. The van der Waals surface area contributed by atoms with E-state index >= 15 is 0 Å². The highest BCUT2D eigenvalue weighted by atomic mass is 16.7. The fourth-order valence-electron chi connectivity index (χ4n) is 3.15. The van der Waals surface area contributed by atoms with Gasteiger partial charge in [-0.15, -0.1) is 5.10 Å². The van der Waals surface area contributed by atoms with Crippen molar-refractivity contribution in [2.24, 2.45) is 0 Å². The highest BCUT2D eigenvalue weighted by Crippen LogP contribution is 2.32. The lowest BCUT2D eigenvalue weighted by Gasteiger charge is -2.37. The number of piperidine rings is 1. The second-order valence-corrected chi connectivity index (χ2v) is 6.02. The second-order valence-electron chi connectivity index (χ2n) is 6.02. The minimum absolute atomic E-state index is 0.425. The lowest BCUT2D eigenvalue weighted by molar-refractivity contribution is -0.169. The SMILES string of the molecule is N#Cc1ccccc1Nc1cnnc(N2CCC3(CC2)OCCO3)n1. The van der Waals surface area contributed by atoms with Gasteiger partial charge in [-0.3, -0.25) is 0 Å². The topological polar surface area (TPSA) is 96.2 Å². The van der Waals surface area contributed by atoms with E-state index in [1.54, 1.807) is 12.3 Å². The molecule has 0 saturated carbocycles. The third-order valence-electron chi connectivity index (χ3n) is 4.48. The van der Waals surface area contributed by atoms with Crippen LogP contribution in [-0.2, 0) is 9.47 Å². The average Bonchev–Trinajstić information content (AvgIpc) is 3.11. The van der Waals surface area contributed by atoms with Crippen molar-refractivity contribution in [3.63, 3.8) is 0 Å². The number of ether oxygens (including phenoxy) is 2. The number of nitrogens with zero attached hydrogens (tertiary/aromatic N) is 5. The normalized spacial score (nSPS) is 18.9. The Kier molecular flexibility index (Phi) is 4.17. The van der Waals surface area contributed by atoms with Crippen LogP contribution in [0.4, 0.5) is 17.5 Å². The fraction of sp³-hybridized carbons (Fsp3) is 0.412. The summed E-state index contributed by atoms with van der Waals surface area (Å²) in [5.74, 6) is 0.694. The summed E-state index contributed by atoms with van der Waals surface area (Å²) in [5, 5.41) is 20.5. The van der Waals surface area contributed by atoms with Crippen molar-refractivity contribution in [3.8, 4) is 6.07 Å². The first-order chi connectivity index (χ1) is 12.3. The summed E-state index contributed by atoms with van der Waals surface area (Å²) in [6.07, 6.45) is 3.11. The number of anilines is 3. The molecule has 0 amide bonds. The quantitative estimate of drug-likeness (QED) is 0.905. The molecule has 0 unspecified atom stereocenters. The molecule has 0 atom stereocenters. The molecule has 3 heterocycles. The zero-order chi connectivity index (χ0) is 17.1. The molecule has 25 heavy (non-hydrogen) atoms. The van der Waals surface area contributed by atoms with Crippen LogP contribution in [0.5, 0.6) is 0 Å². The van der Waals surface area contributed by atoms with Crippen molar-refractivity contribution in [2.75, 3.05) is 36.5 Å². The van der Waals surface area contributed by atoms with E-state index in [4.69, 9.17) is 9.47 Å². The Morgan fingerprint density at radius 3 is 2.68 bits per heavy atom. The molecule has 128 valence electrons. The third-order valence-corrected chi connectivity index (χ3v) is 4.48. The zero-order valence-corrected chi connectivity index (χ0v) is 13.7. The van der Waals surface area contributed by atoms with Crippen molar-refractivity contribution >= 4 is 17.5 Å². The van der Waals surface area contributed by atoms with Gasteiger partial charge < -0.3 is 19.7 Å². The van der Waals surface area contributed by atoms with E-state index in [0.717, 1.165) is 25.9 Å². The molecule has 1 aromatic carbocycles. The van der Waals surface area contributed by atoms with Gasteiger partial charge in [-0.1, -0.05) is 12.1 Å². The van der Waals surface area contributed by atoms with E-state index in [1.165, 1.54) is 0 Å². The second kappa shape index (κ2) is 6.63. The fourth-order valence-corrected chi connectivity index (χ4v) is 3.15. The Morgan fingerprint density at radius 2 is 1.92 bits per heavy atom. The number of benzene rings is 1. The van der Waals surface area contributed by atoms with Crippen LogP contribution in [0.25, 0.3) is 0 Å². The van der Waals surface area contributed by atoms with Crippen LogP contribution < -0.4 is 10.2 Å². The van der Waals surface area contributed by atoms with Crippen LogP contribution in [0.2, 0.25) is 0 Å². The first-order valence-electron chi connectivity index (χ1n) is 8.27. The summed E-state index contributed by atoms with van der Waals surface area (Å²) in [7, 11) is 0. The van der Waals surface area contributed by atoms with E-state index in [0.29, 0.717) is 36.2 Å². The van der Waals surface area contributed by atoms with Gasteiger partial charge in [0.15, 0.2) is 11.6 Å². The highest BCUT2D eigenvalue weighted by Gasteiger charge is 2.40. The number of aromatic nitrogens is 3. The van der Waals surface area contributed by atoms with Crippen LogP contribution in [0, 0.1) is 11.3 Å².